The van der Waals surface area contributed by atoms with Crippen molar-refractivity contribution in [2.45, 2.75) is 25.3 Å². The van der Waals surface area contributed by atoms with Crippen molar-refractivity contribution >= 4 is 10.0 Å². The summed E-state index contributed by atoms with van der Waals surface area (Å²) in [6.07, 6.45) is 5.50. The van der Waals surface area contributed by atoms with Crippen molar-refractivity contribution in [3.05, 3.63) is 35.9 Å². The normalized spacial score (nSPS) is 32.8. The Morgan fingerprint density at radius 2 is 1.83 bits per heavy atom. The number of nitrogens with zero attached hydrogens (tertiary/aromatic N) is 2. The molecule has 3 aliphatic rings. The van der Waals surface area contributed by atoms with Gasteiger partial charge in [-0.05, 0) is 36.2 Å². The molecule has 1 saturated carbocycles. The van der Waals surface area contributed by atoms with Crippen LogP contribution in [0.2, 0.25) is 0 Å². The van der Waals surface area contributed by atoms with Crippen LogP contribution in [-0.4, -0.2) is 50.1 Å². The summed E-state index contributed by atoms with van der Waals surface area (Å²) in [6, 6.07) is 10.2. The molecule has 0 unspecified atom stereocenters. The second-order valence-corrected chi connectivity index (χ2v) is 9.56. The van der Waals surface area contributed by atoms with Gasteiger partial charge < -0.3 is 4.90 Å². The van der Waals surface area contributed by atoms with Gasteiger partial charge in [-0.1, -0.05) is 36.8 Å². The summed E-state index contributed by atoms with van der Waals surface area (Å²) in [4.78, 5) is 2.59. The average Bonchev–Trinajstić information content (AvgIpc) is 3.00. The van der Waals surface area contributed by atoms with Crippen LogP contribution in [0.4, 0.5) is 0 Å². The summed E-state index contributed by atoms with van der Waals surface area (Å²) in [5.41, 5.74) is 1.15. The zero-order valence-electron chi connectivity index (χ0n) is 13.8. The minimum atomic E-state index is -3.16. The van der Waals surface area contributed by atoms with E-state index in [-0.39, 0.29) is 6.04 Å². The van der Waals surface area contributed by atoms with Gasteiger partial charge in [0.15, 0.2) is 0 Å². The van der Waals surface area contributed by atoms with Crippen molar-refractivity contribution in [3.8, 4) is 0 Å². The highest BCUT2D eigenvalue weighted by molar-refractivity contribution is 7.88. The van der Waals surface area contributed by atoms with Crippen molar-refractivity contribution in [1.82, 2.24) is 9.21 Å². The smallest absolute Gasteiger partial charge is 0.211 e. The van der Waals surface area contributed by atoms with Crippen molar-refractivity contribution in [3.63, 3.8) is 0 Å². The van der Waals surface area contributed by atoms with E-state index in [0.29, 0.717) is 18.4 Å². The van der Waals surface area contributed by atoms with Gasteiger partial charge in [-0.2, -0.15) is 4.31 Å². The van der Waals surface area contributed by atoms with Gasteiger partial charge in [-0.25, -0.2) is 8.42 Å². The topological polar surface area (TPSA) is 40.6 Å². The highest BCUT2D eigenvalue weighted by atomic mass is 32.2. The molecule has 1 aromatic rings. The van der Waals surface area contributed by atoms with Crippen molar-refractivity contribution in [2.75, 3.05) is 32.4 Å². The highest BCUT2D eigenvalue weighted by Crippen LogP contribution is 2.46. The summed E-state index contributed by atoms with van der Waals surface area (Å²) in [5, 5.41) is 0. The van der Waals surface area contributed by atoms with Crippen molar-refractivity contribution in [2.24, 2.45) is 17.8 Å². The number of hydrogen-bond donors (Lipinski definition) is 0. The van der Waals surface area contributed by atoms with Crippen LogP contribution >= 0.6 is 0 Å². The van der Waals surface area contributed by atoms with Gasteiger partial charge >= 0.3 is 0 Å². The fourth-order valence-corrected chi connectivity index (χ4v) is 5.85. The summed E-state index contributed by atoms with van der Waals surface area (Å²) in [7, 11) is -3.16. The van der Waals surface area contributed by atoms with E-state index in [9.17, 15) is 8.42 Å². The van der Waals surface area contributed by atoms with Gasteiger partial charge in [-0.15, -0.1) is 0 Å². The Hall–Kier alpha value is -0.910. The third kappa shape index (κ3) is 2.94. The van der Waals surface area contributed by atoms with Crippen LogP contribution in [0.25, 0.3) is 0 Å². The molecule has 0 radical (unpaired) electrons. The maximum absolute atomic E-state index is 12.3. The minimum absolute atomic E-state index is 0.0163. The molecular weight excluding hydrogens is 308 g/mol. The molecule has 4 rings (SSSR count). The summed E-state index contributed by atoms with van der Waals surface area (Å²) < 4.78 is 26.3. The monoisotopic (exact) mass is 334 g/mol. The minimum Gasteiger partial charge on any atom is -0.302 e. The maximum Gasteiger partial charge on any atom is 0.211 e. The molecule has 0 N–H and O–H groups in total. The van der Waals surface area contributed by atoms with Crippen LogP contribution in [0.3, 0.4) is 0 Å². The molecule has 0 aromatic heterocycles. The average molecular weight is 334 g/mol. The molecule has 2 saturated heterocycles. The molecule has 3 fully saturated rings. The van der Waals surface area contributed by atoms with Crippen molar-refractivity contribution < 1.29 is 8.42 Å². The van der Waals surface area contributed by atoms with Gasteiger partial charge in [0, 0.05) is 26.2 Å². The lowest BCUT2D eigenvalue weighted by atomic mass is 9.85. The Kier molecular flexibility index (Phi) is 3.98. The number of hydrogen-bond acceptors (Lipinski definition) is 3. The molecule has 23 heavy (non-hydrogen) atoms. The lowest BCUT2D eigenvalue weighted by Crippen LogP contribution is -2.37. The molecule has 126 valence electrons. The van der Waals surface area contributed by atoms with E-state index in [1.54, 1.807) is 4.31 Å². The fourth-order valence-electron chi connectivity index (χ4n) is 4.69. The van der Waals surface area contributed by atoms with Crippen LogP contribution in [0.5, 0.6) is 0 Å². The number of sulfonamides is 1. The number of fused-ring (bicyclic) bond motifs is 1. The van der Waals surface area contributed by atoms with Crippen LogP contribution in [0.15, 0.2) is 30.3 Å². The van der Waals surface area contributed by atoms with Crippen LogP contribution in [0.1, 0.15) is 30.9 Å². The molecular formula is C18H26N2O2S. The fraction of sp³-hybridized carbons (Fsp3) is 0.667. The first-order valence-corrected chi connectivity index (χ1v) is 10.6. The first kappa shape index (κ1) is 15.6. The van der Waals surface area contributed by atoms with E-state index >= 15 is 0 Å². The van der Waals surface area contributed by atoms with Gasteiger partial charge in [0.2, 0.25) is 10.0 Å². The Morgan fingerprint density at radius 1 is 1.09 bits per heavy atom. The first-order chi connectivity index (χ1) is 11.0. The first-order valence-electron chi connectivity index (χ1n) is 8.76. The SMILES string of the molecule is CS(=O)(=O)N1C[C@H]2CN(CC3CCC3)C[C@H]2[C@@H]1c1ccccc1. The van der Waals surface area contributed by atoms with E-state index in [4.69, 9.17) is 0 Å². The van der Waals surface area contributed by atoms with E-state index in [1.807, 2.05) is 18.2 Å². The quantitative estimate of drug-likeness (QED) is 0.849. The van der Waals surface area contributed by atoms with Gasteiger partial charge in [-0.3, -0.25) is 0 Å². The predicted molar refractivity (Wildman–Crippen MR) is 91.5 cm³/mol. The van der Waals surface area contributed by atoms with E-state index in [2.05, 4.69) is 17.0 Å². The van der Waals surface area contributed by atoms with Gasteiger partial charge in [0.1, 0.15) is 0 Å². The van der Waals surface area contributed by atoms with Crippen LogP contribution in [0, 0.1) is 17.8 Å². The third-order valence-electron chi connectivity index (χ3n) is 6.01. The van der Waals surface area contributed by atoms with E-state index < -0.39 is 10.0 Å². The Labute approximate surface area is 139 Å². The van der Waals surface area contributed by atoms with Crippen LogP contribution < -0.4 is 0 Å². The molecule has 1 aliphatic carbocycles. The van der Waals surface area contributed by atoms with Gasteiger partial charge in [0.05, 0.1) is 12.3 Å². The number of likely N-dealkylation sites (tertiary alicyclic amines) is 1. The molecule has 1 aromatic carbocycles. The molecule has 4 nitrogen and oxygen atoms in total. The molecule has 0 amide bonds. The second-order valence-electron chi connectivity index (χ2n) is 7.63. The zero-order chi connectivity index (χ0) is 16.0. The van der Waals surface area contributed by atoms with Crippen molar-refractivity contribution in [1.29, 1.82) is 0 Å². The summed E-state index contributed by atoms with van der Waals surface area (Å²) >= 11 is 0. The lowest BCUT2D eigenvalue weighted by Gasteiger charge is -2.32. The number of benzene rings is 1. The third-order valence-corrected chi connectivity index (χ3v) is 7.23. The zero-order valence-corrected chi connectivity index (χ0v) is 14.6. The largest absolute Gasteiger partial charge is 0.302 e. The molecule has 0 bridgehead atoms. The Bertz CT molecular complexity index is 657. The highest BCUT2D eigenvalue weighted by Gasteiger charge is 2.50. The van der Waals surface area contributed by atoms with E-state index in [0.717, 1.165) is 24.6 Å². The standard InChI is InChI=1S/C18H26N2O2S/c1-23(21,22)20-12-16-11-19(10-14-6-5-7-14)13-17(16)18(20)15-8-3-2-4-9-15/h2-4,8-9,14,16-18H,5-7,10-13H2,1H3/t16-,17-,18+/m1/s1. The Balaban J connectivity index is 1.57. The lowest BCUT2D eigenvalue weighted by molar-refractivity contribution is 0.185. The summed E-state index contributed by atoms with van der Waals surface area (Å²) in [6.45, 7) is 4.01. The predicted octanol–water partition coefficient (Wildman–Crippen LogP) is 2.35. The Morgan fingerprint density at radius 3 is 2.43 bits per heavy atom. The van der Waals surface area contributed by atoms with Gasteiger partial charge in [0.25, 0.3) is 0 Å². The molecule has 2 heterocycles. The second kappa shape index (κ2) is 5.87. The molecule has 0 spiro atoms. The summed E-state index contributed by atoms with van der Waals surface area (Å²) in [5.74, 6) is 1.80. The molecule has 5 heteroatoms. The molecule has 3 atom stereocenters. The molecule has 2 aliphatic heterocycles. The van der Waals surface area contributed by atoms with Crippen LogP contribution in [-0.2, 0) is 10.0 Å². The number of rotatable bonds is 4. The van der Waals surface area contributed by atoms with E-state index in [1.165, 1.54) is 32.1 Å². The maximum atomic E-state index is 12.3.